The van der Waals surface area contributed by atoms with Crippen LogP contribution in [0.15, 0.2) is 67.0 Å². The maximum atomic E-state index is 15.6. The highest BCUT2D eigenvalue weighted by molar-refractivity contribution is 6.34. The largest absolute Gasteiger partial charge is 0.339 e. The molecule has 0 bridgehead atoms. The number of carbonyl (C=O) groups excluding carboxylic acids is 3. The summed E-state index contributed by atoms with van der Waals surface area (Å²) in [6.07, 6.45) is 4.40. The monoisotopic (exact) mass is 759 g/mol. The Balaban J connectivity index is 1.00. The van der Waals surface area contributed by atoms with Crippen LogP contribution in [0.4, 0.5) is 18.9 Å². The maximum Gasteiger partial charge on any atom is 0.291 e. The molecular weight excluding hydrogens is 721 g/mol. The quantitative estimate of drug-likeness (QED) is 0.191. The smallest absolute Gasteiger partial charge is 0.291 e. The van der Waals surface area contributed by atoms with E-state index in [9.17, 15) is 18.8 Å². The average Bonchev–Trinajstić information content (AvgIpc) is 3.79. The number of amides is 3. The van der Waals surface area contributed by atoms with Crippen LogP contribution in [0.3, 0.4) is 0 Å². The van der Waals surface area contributed by atoms with Crippen molar-refractivity contribution in [1.29, 1.82) is 0 Å². The summed E-state index contributed by atoms with van der Waals surface area (Å²) in [4.78, 5) is 47.5. The number of hydrogen-bond acceptors (Lipinski definition) is 5. The number of piperidine rings is 1. The second-order valence-electron chi connectivity index (χ2n) is 14.4. The summed E-state index contributed by atoms with van der Waals surface area (Å²) in [7, 11) is 5.86. The number of anilines is 1. The first-order valence-electron chi connectivity index (χ1n) is 17.6. The molecule has 0 saturated carbocycles. The van der Waals surface area contributed by atoms with Crippen LogP contribution in [0.5, 0.6) is 0 Å². The summed E-state index contributed by atoms with van der Waals surface area (Å²) in [5.41, 5.74) is 1.37. The predicted molar refractivity (Wildman–Crippen MR) is 198 cm³/mol. The number of halogens is 4. The zero-order valence-electron chi connectivity index (χ0n) is 30.0. The molecule has 280 valence electrons. The summed E-state index contributed by atoms with van der Waals surface area (Å²) < 4.78 is 47.4. The number of carbonyl (C=O) groups is 3. The van der Waals surface area contributed by atoms with Gasteiger partial charge in [-0.25, -0.2) is 18.2 Å². The maximum absolute atomic E-state index is 15.6. The van der Waals surface area contributed by atoms with E-state index < -0.39 is 23.4 Å². The lowest BCUT2D eigenvalue weighted by atomic mass is 9.94. The van der Waals surface area contributed by atoms with Crippen LogP contribution >= 0.6 is 11.6 Å². The van der Waals surface area contributed by atoms with E-state index in [-0.39, 0.29) is 62.2 Å². The molecule has 0 spiro atoms. The molecule has 0 atom stereocenters. The first-order valence-corrected chi connectivity index (χ1v) is 18.0. The summed E-state index contributed by atoms with van der Waals surface area (Å²) in [6, 6.07) is 12.9. The van der Waals surface area contributed by atoms with Gasteiger partial charge in [0.05, 0.1) is 49.7 Å². The summed E-state index contributed by atoms with van der Waals surface area (Å²) in [5.74, 6) is -3.62. The molecule has 15 heteroatoms. The molecule has 3 aromatic carbocycles. The average molecular weight is 760 g/mol. The second kappa shape index (κ2) is 14.7. The van der Waals surface area contributed by atoms with Gasteiger partial charge in [0.1, 0.15) is 11.5 Å². The fourth-order valence-electron chi connectivity index (χ4n) is 7.20. The minimum atomic E-state index is -1.17. The van der Waals surface area contributed by atoms with E-state index in [1.54, 1.807) is 17.0 Å². The van der Waals surface area contributed by atoms with E-state index in [1.165, 1.54) is 66.5 Å². The molecule has 2 fully saturated rings. The molecule has 2 saturated heterocycles. The van der Waals surface area contributed by atoms with Gasteiger partial charge in [0.2, 0.25) is 5.91 Å². The lowest BCUT2D eigenvalue weighted by Crippen LogP contribution is -2.54. The van der Waals surface area contributed by atoms with Gasteiger partial charge in [-0.15, -0.1) is 0 Å². The van der Waals surface area contributed by atoms with Crippen molar-refractivity contribution in [3.05, 3.63) is 101 Å². The van der Waals surface area contributed by atoms with Crippen LogP contribution < -0.4 is 5.32 Å². The van der Waals surface area contributed by atoms with Gasteiger partial charge in [0.15, 0.2) is 17.5 Å². The first kappa shape index (κ1) is 36.9. The Morgan fingerprint density at radius 3 is 2.28 bits per heavy atom. The van der Waals surface area contributed by atoms with Crippen molar-refractivity contribution in [3.63, 3.8) is 0 Å². The second-order valence-corrected chi connectivity index (χ2v) is 14.8. The molecule has 2 aromatic heterocycles. The van der Waals surface area contributed by atoms with Gasteiger partial charge >= 0.3 is 0 Å². The van der Waals surface area contributed by atoms with Gasteiger partial charge in [-0.05, 0) is 36.4 Å². The van der Waals surface area contributed by atoms with E-state index >= 15 is 8.78 Å². The number of imidazole rings is 1. The summed E-state index contributed by atoms with van der Waals surface area (Å²) in [5, 5.41) is 9.59. The Labute approximate surface area is 314 Å². The Morgan fingerprint density at radius 1 is 0.889 bits per heavy atom. The fraction of sp³-hybridized carbons (Fsp3) is 0.308. The number of benzene rings is 3. The van der Waals surface area contributed by atoms with Crippen molar-refractivity contribution in [3.8, 4) is 33.6 Å². The molecule has 0 unspecified atom stereocenters. The molecule has 11 nitrogen and oxygen atoms in total. The van der Waals surface area contributed by atoms with Gasteiger partial charge in [-0.1, -0.05) is 29.8 Å². The van der Waals surface area contributed by atoms with Crippen LogP contribution in [0.2, 0.25) is 5.02 Å². The van der Waals surface area contributed by atoms with E-state index in [1.807, 2.05) is 4.90 Å². The van der Waals surface area contributed by atoms with Gasteiger partial charge in [0, 0.05) is 86.1 Å². The Kier molecular flexibility index (Phi) is 10.1. The first-order chi connectivity index (χ1) is 25.8. The normalized spacial score (nSPS) is 16.1. The third-order valence-corrected chi connectivity index (χ3v) is 10.7. The lowest BCUT2D eigenvalue weighted by Gasteiger charge is -2.40. The highest BCUT2D eigenvalue weighted by Crippen LogP contribution is 2.36. The molecule has 7 rings (SSSR count). The van der Waals surface area contributed by atoms with E-state index in [2.05, 4.69) is 34.6 Å². The SMILES string of the molecule is Cn1c(-c2ccc(-c3c[nH]nc3-c3cccc(F)c3)c(F)c2F)cnc1C(=O)Nc1ccc(C(=O)N2CCN(C(=O)C3CC[N+](C)(C)CC3)CC2)c(Cl)c1. The Bertz CT molecular complexity index is 2250. The number of likely N-dealkylation sites (tertiary alicyclic amines) is 1. The topological polar surface area (TPSA) is 116 Å². The van der Waals surface area contributed by atoms with Crippen molar-refractivity contribution in [1.82, 2.24) is 29.5 Å². The van der Waals surface area contributed by atoms with Crippen LogP contribution in [-0.2, 0) is 11.8 Å². The zero-order chi connectivity index (χ0) is 38.3. The molecule has 54 heavy (non-hydrogen) atoms. The molecule has 3 amide bonds. The van der Waals surface area contributed by atoms with Crippen molar-refractivity contribution >= 4 is 35.0 Å². The third kappa shape index (κ3) is 7.23. The van der Waals surface area contributed by atoms with E-state index in [4.69, 9.17) is 11.6 Å². The lowest BCUT2D eigenvalue weighted by molar-refractivity contribution is -0.895. The highest BCUT2D eigenvalue weighted by Gasteiger charge is 2.35. The molecule has 2 aliphatic heterocycles. The van der Waals surface area contributed by atoms with Gasteiger partial charge in [-0.2, -0.15) is 5.10 Å². The molecule has 5 aromatic rings. The molecule has 2 aliphatic rings. The molecule has 2 N–H and O–H groups in total. The summed E-state index contributed by atoms with van der Waals surface area (Å²) in [6.45, 7) is 3.64. The standard InChI is InChI=1S/C39H38ClF3N8O3/c1-48-32(29-10-9-27(33(42)34(29)43)30-21-45-47-35(30)24-5-4-6-25(41)19-24)22-44-36(48)37(52)46-26-7-8-28(31(40)20-26)39(54)50-15-13-49(14-16-50)38(53)23-11-17-51(2,3)18-12-23/h4-10,19-23H,11-18H2,1-3H3,(H-,45,46,47,52,54)/p+1. The minimum Gasteiger partial charge on any atom is -0.339 e. The number of nitrogens with zero attached hydrogens (tertiary/aromatic N) is 6. The number of rotatable bonds is 7. The van der Waals surface area contributed by atoms with Crippen molar-refractivity contribution in [2.45, 2.75) is 12.8 Å². The third-order valence-electron chi connectivity index (χ3n) is 10.4. The minimum absolute atomic E-state index is 0.0286. The molecular formula is C39H39ClF3N8O3+. The van der Waals surface area contributed by atoms with E-state index in [0.717, 1.165) is 30.4 Å². The van der Waals surface area contributed by atoms with Crippen LogP contribution in [0.25, 0.3) is 33.6 Å². The number of aromatic amines is 1. The number of nitrogens with one attached hydrogen (secondary N) is 2. The van der Waals surface area contributed by atoms with Crippen molar-refractivity contribution in [2.24, 2.45) is 13.0 Å². The summed E-state index contributed by atoms with van der Waals surface area (Å²) >= 11 is 6.54. The fourth-order valence-corrected chi connectivity index (χ4v) is 7.46. The van der Waals surface area contributed by atoms with Crippen molar-refractivity contribution < 1.29 is 32.0 Å². The van der Waals surface area contributed by atoms with Gasteiger partial charge < -0.3 is 24.2 Å². The number of H-pyrrole nitrogens is 1. The zero-order valence-corrected chi connectivity index (χ0v) is 30.8. The molecule has 0 aliphatic carbocycles. The van der Waals surface area contributed by atoms with Crippen LogP contribution in [-0.4, -0.2) is 105 Å². The van der Waals surface area contributed by atoms with Crippen LogP contribution in [0.1, 0.15) is 33.8 Å². The van der Waals surface area contributed by atoms with Gasteiger partial charge in [0.25, 0.3) is 11.8 Å². The number of quaternary nitrogens is 1. The molecule has 0 radical (unpaired) electrons. The Morgan fingerprint density at radius 2 is 1.57 bits per heavy atom. The highest BCUT2D eigenvalue weighted by atomic mass is 35.5. The van der Waals surface area contributed by atoms with Gasteiger partial charge in [-0.3, -0.25) is 19.5 Å². The van der Waals surface area contributed by atoms with Crippen LogP contribution in [0, 0.1) is 23.4 Å². The number of piperazine rings is 1. The number of aromatic nitrogens is 4. The van der Waals surface area contributed by atoms with Crippen molar-refractivity contribution in [2.75, 3.05) is 58.7 Å². The Hall–Kier alpha value is -5.47. The molecule has 4 heterocycles. The van der Waals surface area contributed by atoms with E-state index in [0.29, 0.717) is 37.4 Å². The predicted octanol–water partition coefficient (Wildman–Crippen LogP) is 6.24. The number of hydrogen-bond donors (Lipinski definition) is 2.